The van der Waals surface area contributed by atoms with Gasteiger partial charge in [0.1, 0.15) is 0 Å². The molecular weight excluding hydrogens is 562 g/mol. The van der Waals surface area contributed by atoms with E-state index in [9.17, 15) is 8.42 Å². The van der Waals surface area contributed by atoms with Gasteiger partial charge in [0.2, 0.25) is 0 Å². The number of unbranched alkanes of at least 4 members (excludes halogenated alkanes) is 2. The molecule has 7 nitrogen and oxygen atoms in total. The van der Waals surface area contributed by atoms with E-state index in [1.807, 2.05) is 19.1 Å². The van der Waals surface area contributed by atoms with Gasteiger partial charge in [0.05, 0.1) is 18.1 Å². The third-order valence-corrected chi connectivity index (χ3v) is 11.4. The average molecular weight is 620 g/mol. The Kier molecular flexibility index (Phi) is 14.0. The minimum atomic E-state index is -3.85. The lowest BCUT2D eigenvalue weighted by Crippen LogP contribution is -2.36. The van der Waals surface area contributed by atoms with Gasteiger partial charge in [0.15, 0.2) is 12.6 Å². The van der Waals surface area contributed by atoms with Crippen molar-refractivity contribution in [3.63, 3.8) is 0 Å². The summed E-state index contributed by atoms with van der Waals surface area (Å²) in [4.78, 5) is 2.72. The molecule has 2 fully saturated rings. The first-order chi connectivity index (χ1) is 20.4. The molecule has 43 heavy (non-hydrogen) atoms. The average Bonchev–Trinajstić information content (AvgIpc) is 2.99. The zero-order valence-corrected chi connectivity index (χ0v) is 28.3. The quantitative estimate of drug-likeness (QED) is 0.121. The Morgan fingerprint density at radius 3 is 1.60 bits per heavy atom. The molecule has 1 aromatic carbocycles. The van der Waals surface area contributed by atoms with Crippen molar-refractivity contribution in [2.75, 3.05) is 26.4 Å². The maximum atomic E-state index is 14.1. The second kappa shape index (κ2) is 16.7. The van der Waals surface area contributed by atoms with Gasteiger partial charge < -0.3 is 18.9 Å². The molecule has 0 radical (unpaired) electrons. The topological polar surface area (TPSA) is 75.4 Å². The summed E-state index contributed by atoms with van der Waals surface area (Å²) in [7, 11) is -3.85. The number of hydrogen-bond donors (Lipinski definition) is 0. The Morgan fingerprint density at radius 2 is 1.21 bits per heavy atom. The molecular formula is C35H57NO6S. The largest absolute Gasteiger partial charge is 0.353 e. The molecule has 2 aliphatic rings. The summed E-state index contributed by atoms with van der Waals surface area (Å²) in [5.74, 6) is 0. The van der Waals surface area contributed by atoms with E-state index < -0.39 is 14.7 Å². The van der Waals surface area contributed by atoms with Gasteiger partial charge in [-0.25, -0.2) is 15.0 Å². The summed E-state index contributed by atoms with van der Waals surface area (Å²) in [6, 6.07) is 6.95. The van der Waals surface area contributed by atoms with Crippen LogP contribution in [-0.2, 0) is 28.8 Å². The number of aryl methyl sites for hydroxylation is 1. The summed E-state index contributed by atoms with van der Waals surface area (Å²) in [5.41, 5.74) is 0.903. The summed E-state index contributed by atoms with van der Waals surface area (Å²) in [6.07, 6.45) is 11.6. The number of benzene rings is 1. The van der Waals surface area contributed by atoms with Crippen LogP contribution in [0.3, 0.4) is 0 Å². The van der Waals surface area contributed by atoms with E-state index in [0.29, 0.717) is 38.9 Å². The highest BCUT2D eigenvalue weighted by Crippen LogP contribution is 2.39. The molecule has 244 valence electrons. The highest BCUT2D eigenvalue weighted by Gasteiger charge is 2.50. The van der Waals surface area contributed by atoms with Gasteiger partial charge in [-0.2, -0.15) is 0 Å². The van der Waals surface area contributed by atoms with E-state index >= 15 is 0 Å². The molecule has 2 heterocycles. The SMILES string of the molecule is [C-]#[N+]C(CCCCC(C)(C)COC1CCCCO1)(CCCCC(C)(C)COC1CCCCO1)S(=O)(=O)c1ccc(C)cc1. The van der Waals surface area contributed by atoms with Crippen LogP contribution >= 0.6 is 0 Å². The molecule has 0 aliphatic carbocycles. The Bertz CT molecular complexity index is 1050. The zero-order chi connectivity index (χ0) is 31.4. The number of sulfone groups is 1. The molecule has 0 N–H and O–H groups in total. The van der Waals surface area contributed by atoms with Crippen molar-refractivity contribution in [3.8, 4) is 0 Å². The minimum Gasteiger partial charge on any atom is -0.353 e. The van der Waals surface area contributed by atoms with Crippen LogP contribution in [0.25, 0.3) is 4.85 Å². The van der Waals surface area contributed by atoms with Gasteiger partial charge in [-0.3, -0.25) is 4.85 Å². The minimum absolute atomic E-state index is 0.0479. The monoisotopic (exact) mass is 619 g/mol. The maximum Gasteiger partial charge on any atom is 0.333 e. The molecule has 0 spiro atoms. The van der Waals surface area contributed by atoms with Crippen LogP contribution in [0.15, 0.2) is 29.2 Å². The van der Waals surface area contributed by atoms with E-state index in [2.05, 4.69) is 32.5 Å². The van der Waals surface area contributed by atoms with Crippen molar-refractivity contribution in [1.82, 2.24) is 0 Å². The van der Waals surface area contributed by atoms with Crippen molar-refractivity contribution in [1.29, 1.82) is 0 Å². The fourth-order valence-electron chi connectivity index (χ4n) is 5.98. The van der Waals surface area contributed by atoms with Gasteiger partial charge in [-0.1, -0.05) is 58.2 Å². The molecule has 3 rings (SSSR count). The van der Waals surface area contributed by atoms with Gasteiger partial charge in [-0.05, 0) is 94.1 Å². The van der Waals surface area contributed by atoms with Crippen LogP contribution in [0.5, 0.6) is 0 Å². The van der Waals surface area contributed by atoms with Crippen LogP contribution in [0.1, 0.15) is 123 Å². The van der Waals surface area contributed by atoms with Crippen LogP contribution in [0.4, 0.5) is 0 Å². The lowest BCUT2D eigenvalue weighted by atomic mass is 9.86. The van der Waals surface area contributed by atoms with Gasteiger partial charge in [-0.15, -0.1) is 0 Å². The molecule has 2 saturated heterocycles. The molecule has 2 aliphatic heterocycles. The fraction of sp³-hybridized carbons (Fsp3) is 0.800. The van der Waals surface area contributed by atoms with Crippen molar-refractivity contribution in [2.45, 2.75) is 147 Å². The van der Waals surface area contributed by atoms with E-state index in [4.69, 9.17) is 25.5 Å². The molecule has 0 bridgehead atoms. The molecule has 0 saturated carbocycles. The lowest BCUT2D eigenvalue weighted by Gasteiger charge is -2.30. The highest BCUT2D eigenvalue weighted by atomic mass is 32.2. The summed E-state index contributed by atoms with van der Waals surface area (Å²) < 4.78 is 51.6. The number of nitrogens with zero attached hydrogens (tertiary/aromatic N) is 1. The zero-order valence-electron chi connectivity index (χ0n) is 27.5. The molecule has 2 atom stereocenters. The second-order valence-corrected chi connectivity index (χ2v) is 16.6. The normalized spacial score (nSPS) is 21.7. The van der Waals surface area contributed by atoms with Crippen LogP contribution in [0.2, 0.25) is 0 Å². The highest BCUT2D eigenvalue weighted by molar-refractivity contribution is 7.93. The summed E-state index contributed by atoms with van der Waals surface area (Å²) in [5, 5.41) is 0. The lowest BCUT2D eigenvalue weighted by molar-refractivity contribution is -0.176. The van der Waals surface area contributed by atoms with E-state index in [1.54, 1.807) is 12.1 Å². The Morgan fingerprint density at radius 1 is 0.767 bits per heavy atom. The Hall–Kier alpha value is -1.50. The van der Waals surface area contributed by atoms with Crippen LogP contribution in [0, 0.1) is 24.3 Å². The third kappa shape index (κ3) is 11.4. The van der Waals surface area contributed by atoms with Gasteiger partial charge in [0, 0.05) is 26.1 Å². The van der Waals surface area contributed by atoms with Gasteiger partial charge >= 0.3 is 4.87 Å². The van der Waals surface area contributed by atoms with Crippen LogP contribution < -0.4 is 0 Å². The first-order valence-corrected chi connectivity index (χ1v) is 18.0. The number of ether oxygens (including phenoxy) is 4. The second-order valence-electron chi connectivity index (χ2n) is 14.3. The number of rotatable bonds is 18. The van der Waals surface area contributed by atoms with E-state index in [-0.39, 0.29) is 28.3 Å². The summed E-state index contributed by atoms with van der Waals surface area (Å²) >= 11 is 0. The standard InChI is InChI=1S/C35H57NO6S/c1-29-17-19-30(20-18-29)43(37,38)35(36-6,23-11-9-21-33(2,3)27-41-31-15-7-13-25-39-31)24-12-10-22-34(4,5)28-42-32-16-8-14-26-40-32/h17-20,31-32H,7-16,21-28H2,1-5H3. The third-order valence-electron chi connectivity index (χ3n) is 8.97. The van der Waals surface area contributed by atoms with Crippen molar-refractivity contribution >= 4 is 9.84 Å². The molecule has 8 heteroatoms. The Labute approximate surface area is 262 Å². The molecule has 0 aromatic heterocycles. The van der Waals surface area contributed by atoms with Gasteiger partial charge in [0.25, 0.3) is 9.84 Å². The molecule has 1 aromatic rings. The van der Waals surface area contributed by atoms with Crippen molar-refractivity contribution in [2.24, 2.45) is 10.8 Å². The maximum absolute atomic E-state index is 14.1. The Balaban J connectivity index is 1.58. The fourth-order valence-corrected chi connectivity index (χ4v) is 7.86. The van der Waals surface area contributed by atoms with Crippen molar-refractivity contribution < 1.29 is 27.4 Å². The van der Waals surface area contributed by atoms with E-state index in [1.165, 1.54) is 0 Å². The molecule has 0 amide bonds. The predicted octanol–water partition coefficient (Wildman–Crippen LogP) is 8.64. The first-order valence-electron chi connectivity index (χ1n) is 16.5. The molecule has 2 unspecified atom stereocenters. The first kappa shape index (κ1) is 36.0. The van der Waals surface area contributed by atoms with Crippen LogP contribution in [-0.4, -0.2) is 52.3 Å². The summed E-state index contributed by atoms with van der Waals surface area (Å²) in [6.45, 7) is 21.6. The number of hydrogen-bond acceptors (Lipinski definition) is 6. The van der Waals surface area contributed by atoms with E-state index in [0.717, 1.165) is 83.0 Å². The predicted molar refractivity (Wildman–Crippen MR) is 171 cm³/mol. The van der Waals surface area contributed by atoms with Crippen molar-refractivity contribution in [3.05, 3.63) is 41.2 Å². The smallest absolute Gasteiger partial charge is 0.333 e.